The van der Waals surface area contributed by atoms with Crippen molar-refractivity contribution in [1.82, 2.24) is 4.90 Å². The maximum Gasteiger partial charge on any atom is 0.416 e. The standard InChI is InChI=1S/C17H21F3N2O4/c1-16(2,3)26-15(23)21-9-8-13(14(10-21)22(24)25)11-4-6-12(7-5-11)17(18,19)20/h4-7,13-14H,8-10H2,1-3H3/t13-,14+/m0/s1. The number of benzene rings is 1. The quantitative estimate of drug-likeness (QED) is 0.578. The summed E-state index contributed by atoms with van der Waals surface area (Å²) in [5, 5.41) is 11.5. The van der Waals surface area contributed by atoms with E-state index >= 15 is 0 Å². The zero-order valence-electron chi connectivity index (χ0n) is 14.7. The van der Waals surface area contributed by atoms with Crippen molar-refractivity contribution in [3.05, 3.63) is 45.5 Å². The lowest BCUT2D eigenvalue weighted by atomic mass is 9.85. The Hall–Kier alpha value is -2.32. The Morgan fingerprint density at radius 3 is 2.27 bits per heavy atom. The molecule has 1 saturated heterocycles. The van der Waals surface area contributed by atoms with E-state index in [0.29, 0.717) is 5.56 Å². The van der Waals surface area contributed by atoms with E-state index in [4.69, 9.17) is 4.74 Å². The number of rotatable bonds is 2. The summed E-state index contributed by atoms with van der Waals surface area (Å²) in [6.07, 6.45) is -4.81. The van der Waals surface area contributed by atoms with Gasteiger partial charge < -0.3 is 9.64 Å². The van der Waals surface area contributed by atoms with Gasteiger partial charge >= 0.3 is 12.3 Å². The van der Waals surface area contributed by atoms with Gasteiger partial charge in [-0.05, 0) is 44.9 Å². The summed E-state index contributed by atoms with van der Waals surface area (Å²) < 4.78 is 43.3. The van der Waals surface area contributed by atoms with Crippen molar-refractivity contribution in [2.24, 2.45) is 0 Å². The number of amides is 1. The van der Waals surface area contributed by atoms with E-state index in [9.17, 15) is 28.1 Å². The van der Waals surface area contributed by atoms with E-state index in [-0.39, 0.29) is 19.5 Å². The summed E-state index contributed by atoms with van der Waals surface area (Å²) >= 11 is 0. The van der Waals surface area contributed by atoms with E-state index in [1.807, 2.05) is 0 Å². The van der Waals surface area contributed by atoms with Gasteiger partial charge in [-0.15, -0.1) is 0 Å². The third-order valence-corrected chi connectivity index (χ3v) is 4.17. The molecule has 1 amide bonds. The molecule has 1 aromatic rings. The number of nitrogens with zero attached hydrogens (tertiary/aromatic N) is 2. The van der Waals surface area contributed by atoms with Crippen LogP contribution in [0.25, 0.3) is 0 Å². The van der Waals surface area contributed by atoms with Crippen LogP contribution in [-0.2, 0) is 10.9 Å². The summed E-state index contributed by atoms with van der Waals surface area (Å²) in [7, 11) is 0. The molecule has 1 aromatic carbocycles. The van der Waals surface area contributed by atoms with Gasteiger partial charge in [0.1, 0.15) is 5.60 Å². The first-order chi connectivity index (χ1) is 11.9. The highest BCUT2D eigenvalue weighted by atomic mass is 19.4. The van der Waals surface area contributed by atoms with E-state index in [1.54, 1.807) is 20.8 Å². The van der Waals surface area contributed by atoms with Gasteiger partial charge in [-0.1, -0.05) is 12.1 Å². The number of nitro groups is 1. The molecule has 0 saturated carbocycles. The van der Waals surface area contributed by atoms with Crippen LogP contribution in [0, 0.1) is 10.1 Å². The van der Waals surface area contributed by atoms with Crippen molar-refractivity contribution in [2.75, 3.05) is 13.1 Å². The van der Waals surface area contributed by atoms with Gasteiger partial charge in [0.25, 0.3) is 0 Å². The van der Waals surface area contributed by atoms with E-state index in [0.717, 1.165) is 12.1 Å². The van der Waals surface area contributed by atoms with Crippen LogP contribution in [0.2, 0.25) is 0 Å². The van der Waals surface area contributed by atoms with Gasteiger partial charge in [-0.25, -0.2) is 4.79 Å². The van der Waals surface area contributed by atoms with Crippen LogP contribution in [0.1, 0.15) is 44.2 Å². The average molecular weight is 374 g/mol. The number of halogens is 3. The minimum Gasteiger partial charge on any atom is -0.444 e. The second-order valence-electron chi connectivity index (χ2n) is 7.29. The van der Waals surface area contributed by atoms with Crippen molar-refractivity contribution in [2.45, 2.75) is 50.9 Å². The number of ether oxygens (including phenoxy) is 1. The number of carbonyl (C=O) groups is 1. The molecule has 9 heteroatoms. The predicted octanol–water partition coefficient (Wildman–Crippen LogP) is 4.08. The Morgan fingerprint density at radius 1 is 1.23 bits per heavy atom. The van der Waals surface area contributed by atoms with Crippen LogP contribution in [-0.4, -0.2) is 40.6 Å². The summed E-state index contributed by atoms with van der Waals surface area (Å²) in [5.74, 6) is -0.564. The summed E-state index contributed by atoms with van der Waals surface area (Å²) in [4.78, 5) is 24.4. The first-order valence-corrected chi connectivity index (χ1v) is 8.17. The van der Waals surface area contributed by atoms with Gasteiger partial charge in [-0.2, -0.15) is 13.2 Å². The van der Waals surface area contributed by atoms with Crippen molar-refractivity contribution in [3.63, 3.8) is 0 Å². The van der Waals surface area contributed by atoms with Crippen molar-refractivity contribution < 1.29 is 27.6 Å². The average Bonchev–Trinajstić information content (AvgIpc) is 2.52. The lowest BCUT2D eigenvalue weighted by Crippen LogP contribution is -2.50. The highest BCUT2D eigenvalue weighted by Crippen LogP contribution is 2.34. The third-order valence-electron chi connectivity index (χ3n) is 4.17. The Bertz CT molecular complexity index is 668. The van der Waals surface area contributed by atoms with Crippen LogP contribution in [0.15, 0.2) is 24.3 Å². The minimum atomic E-state index is -4.46. The number of piperidine rings is 1. The molecule has 0 N–H and O–H groups in total. The van der Waals surface area contributed by atoms with E-state index < -0.39 is 40.3 Å². The Morgan fingerprint density at radius 2 is 1.81 bits per heavy atom. The molecule has 0 spiro atoms. The van der Waals surface area contributed by atoms with Gasteiger partial charge in [0, 0.05) is 11.5 Å². The third kappa shape index (κ3) is 4.86. The second-order valence-corrected chi connectivity index (χ2v) is 7.29. The molecule has 0 radical (unpaired) electrons. The van der Waals surface area contributed by atoms with Crippen LogP contribution in [0.3, 0.4) is 0 Å². The summed E-state index contributed by atoms with van der Waals surface area (Å²) in [5.41, 5.74) is -1.06. The summed E-state index contributed by atoms with van der Waals surface area (Å²) in [6.45, 7) is 5.19. The second kappa shape index (κ2) is 7.13. The molecule has 1 fully saturated rings. The molecular formula is C17H21F3N2O4. The van der Waals surface area contributed by atoms with Gasteiger partial charge in [-0.3, -0.25) is 10.1 Å². The molecule has 0 bridgehead atoms. The van der Waals surface area contributed by atoms with Crippen LogP contribution in [0.4, 0.5) is 18.0 Å². The smallest absolute Gasteiger partial charge is 0.416 e. The Balaban J connectivity index is 2.16. The fourth-order valence-electron chi connectivity index (χ4n) is 2.95. The predicted molar refractivity (Wildman–Crippen MR) is 87.4 cm³/mol. The maximum absolute atomic E-state index is 12.7. The molecule has 144 valence electrons. The zero-order chi connectivity index (χ0) is 19.7. The molecule has 2 atom stereocenters. The molecule has 6 nitrogen and oxygen atoms in total. The highest BCUT2D eigenvalue weighted by Gasteiger charge is 2.41. The lowest BCUT2D eigenvalue weighted by molar-refractivity contribution is -0.529. The topological polar surface area (TPSA) is 72.7 Å². The molecule has 0 aromatic heterocycles. The SMILES string of the molecule is CC(C)(C)OC(=O)N1CC[C@@H](c2ccc(C(F)(F)F)cc2)[C@H]([N+](=O)[O-])C1. The molecular weight excluding hydrogens is 353 g/mol. The molecule has 0 aliphatic carbocycles. The van der Waals surface area contributed by atoms with Gasteiger partial charge in [0.2, 0.25) is 6.04 Å². The van der Waals surface area contributed by atoms with Crippen molar-refractivity contribution >= 4 is 6.09 Å². The largest absolute Gasteiger partial charge is 0.444 e. The number of carbonyl (C=O) groups excluding carboxylic acids is 1. The molecule has 2 rings (SSSR count). The van der Waals surface area contributed by atoms with Crippen LogP contribution >= 0.6 is 0 Å². The number of likely N-dealkylation sites (tertiary alicyclic amines) is 1. The Kier molecular flexibility index (Phi) is 5.48. The minimum absolute atomic E-state index is 0.145. The molecule has 26 heavy (non-hydrogen) atoms. The molecule has 1 heterocycles. The van der Waals surface area contributed by atoms with Crippen LogP contribution in [0.5, 0.6) is 0 Å². The van der Waals surface area contributed by atoms with Crippen molar-refractivity contribution in [3.8, 4) is 0 Å². The zero-order valence-corrected chi connectivity index (χ0v) is 14.7. The lowest BCUT2D eigenvalue weighted by Gasteiger charge is -2.35. The number of hydrogen-bond acceptors (Lipinski definition) is 4. The van der Waals surface area contributed by atoms with E-state index in [2.05, 4.69) is 0 Å². The highest BCUT2D eigenvalue weighted by molar-refractivity contribution is 5.68. The maximum atomic E-state index is 12.7. The van der Waals surface area contributed by atoms with E-state index in [1.165, 1.54) is 17.0 Å². The van der Waals surface area contributed by atoms with Crippen molar-refractivity contribution in [1.29, 1.82) is 0 Å². The Labute approximate surface area is 149 Å². The molecule has 0 unspecified atom stereocenters. The van der Waals surface area contributed by atoms with Gasteiger partial charge in [0.15, 0.2) is 0 Å². The summed E-state index contributed by atoms with van der Waals surface area (Å²) in [6, 6.07) is 3.28. The molecule has 1 aliphatic rings. The number of hydrogen-bond donors (Lipinski definition) is 0. The number of alkyl halides is 3. The normalized spacial score (nSPS) is 21.4. The first-order valence-electron chi connectivity index (χ1n) is 8.17. The van der Waals surface area contributed by atoms with Gasteiger partial charge in [0.05, 0.1) is 18.0 Å². The fraction of sp³-hybridized carbons (Fsp3) is 0.588. The monoisotopic (exact) mass is 374 g/mol. The molecule has 1 aliphatic heterocycles. The fourth-order valence-corrected chi connectivity index (χ4v) is 2.95. The first kappa shape index (κ1) is 20.0. The van der Waals surface area contributed by atoms with Crippen LogP contribution < -0.4 is 0 Å².